The van der Waals surface area contributed by atoms with Crippen LogP contribution in [0.1, 0.15) is 11.1 Å². The van der Waals surface area contributed by atoms with Crippen LogP contribution in [0.2, 0.25) is 0 Å². The van der Waals surface area contributed by atoms with Crippen LogP contribution in [0, 0.1) is 0 Å². The largest absolute Gasteiger partial charge is 0.311 e. The molecule has 258 valence electrons. The minimum Gasteiger partial charge on any atom is -0.311 e. The van der Waals surface area contributed by atoms with Crippen LogP contribution in [0.5, 0.6) is 0 Å². The Labute approximate surface area is 309 Å². The Bertz CT molecular complexity index is 2100. The third-order valence-corrected chi connectivity index (χ3v) is 15.1. The van der Waals surface area contributed by atoms with E-state index in [0.717, 1.165) is 55.1 Å². The highest BCUT2D eigenvalue weighted by molar-refractivity contribution is 8.54. The Morgan fingerprint density at radius 2 is 0.558 bits per heavy atom. The third kappa shape index (κ3) is 5.59. The molecule has 0 spiro atoms. The van der Waals surface area contributed by atoms with E-state index in [0.29, 0.717) is 11.1 Å². The van der Waals surface area contributed by atoms with E-state index in [-0.39, 0.29) is 10.2 Å². The van der Waals surface area contributed by atoms with Crippen molar-refractivity contribution in [3.05, 3.63) is 192 Å². The highest BCUT2D eigenvalue weighted by atomic mass is 32.3. The fourth-order valence-electron chi connectivity index (χ4n) is 7.43. The van der Waals surface area contributed by atoms with Gasteiger partial charge in [0.2, 0.25) is 10.2 Å². The molecule has 0 aromatic heterocycles. The molecule has 0 atom stereocenters. The van der Waals surface area contributed by atoms with Crippen molar-refractivity contribution < 1.29 is 9.59 Å². The van der Waals surface area contributed by atoms with Gasteiger partial charge < -0.3 is 9.80 Å². The summed E-state index contributed by atoms with van der Waals surface area (Å²) < 4.78 is 0. The van der Waals surface area contributed by atoms with Gasteiger partial charge in [-0.1, -0.05) is 97.1 Å². The van der Waals surface area contributed by atoms with E-state index in [4.69, 9.17) is 0 Å². The smallest absolute Gasteiger partial charge is 0.207 e. The summed E-state index contributed by atoms with van der Waals surface area (Å²) in [4.78, 5) is 35.4. The van der Waals surface area contributed by atoms with E-state index in [1.807, 2.05) is 97.8 Å². The van der Waals surface area contributed by atoms with Gasteiger partial charge in [-0.2, -0.15) is 20.1 Å². The Morgan fingerprint density at radius 3 is 0.808 bits per heavy atom. The fraction of sp³-hybridized carbons (Fsp3) is 0.0870. The van der Waals surface area contributed by atoms with Crippen LogP contribution < -0.4 is 9.80 Å². The second kappa shape index (κ2) is 13.2. The summed E-state index contributed by atoms with van der Waals surface area (Å²) in [5.74, 6) is 0. The molecule has 4 nitrogen and oxygen atoms in total. The number of rotatable bonds is 8. The van der Waals surface area contributed by atoms with Crippen molar-refractivity contribution in [1.29, 1.82) is 0 Å². The maximum absolute atomic E-state index is 14.6. The number of carbonyl (C=O) groups excluding carboxylic acids is 2. The minimum absolute atomic E-state index is 0.0949. The lowest BCUT2D eigenvalue weighted by molar-refractivity contribution is -0.110. The summed E-state index contributed by atoms with van der Waals surface area (Å²) in [7, 11) is -3.96. The number of anilines is 6. The lowest BCUT2D eigenvalue weighted by atomic mass is 10.0. The van der Waals surface area contributed by atoms with Crippen molar-refractivity contribution in [3.8, 4) is 0 Å². The van der Waals surface area contributed by atoms with Crippen molar-refractivity contribution in [2.45, 2.75) is 0 Å². The average molecular weight is 717 g/mol. The summed E-state index contributed by atoms with van der Waals surface area (Å²) >= 11 is 0. The molecular weight excluding hydrogens is 677 g/mol. The first-order valence-corrected chi connectivity index (χ1v) is 22.1. The zero-order valence-electron chi connectivity index (χ0n) is 29.7. The molecule has 0 unspecified atom stereocenters. The van der Waals surface area contributed by atoms with Gasteiger partial charge in [0.1, 0.15) is 0 Å². The highest BCUT2D eigenvalue weighted by Gasteiger charge is 2.53. The zero-order valence-corrected chi connectivity index (χ0v) is 31.3. The predicted molar refractivity (Wildman–Crippen MR) is 225 cm³/mol. The number of hydrogen-bond acceptors (Lipinski definition) is 4. The molecule has 0 saturated heterocycles. The van der Waals surface area contributed by atoms with Gasteiger partial charge in [0.15, 0.2) is 0 Å². The van der Waals surface area contributed by atoms with Gasteiger partial charge in [-0.3, -0.25) is 9.59 Å². The standard InChI is InChI=1S/C46H40N2O2S2/c1-51(2)43(33-25-29-39(30-26-33)47(35-17-9-5-10-18-35)36-19-11-6-12-20-36)41-42(45(51)49)44(52(3,4)46(41)50)34-27-31-40(32-28-34)48(37-21-13-7-14-22-37)38-23-15-8-16-24-38/h5-32H,1-4H3. The van der Waals surface area contributed by atoms with Crippen LogP contribution >= 0.6 is 20.1 Å². The fourth-order valence-corrected chi connectivity index (χ4v) is 12.2. The lowest BCUT2D eigenvalue weighted by Gasteiger charge is -2.33. The summed E-state index contributed by atoms with van der Waals surface area (Å²) in [5, 5.41) is 0.190. The Hall–Kier alpha value is -5.56. The number of benzene rings is 6. The van der Waals surface area contributed by atoms with Gasteiger partial charge >= 0.3 is 0 Å². The van der Waals surface area contributed by atoms with Crippen LogP contribution in [0.4, 0.5) is 34.1 Å². The lowest BCUT2D eigenvalue weighted by Crippen LogP contribution is -2.12. The van der Waals surface area contributed by atoms with Crippen LogP contribution in [0.15, 0.2) is 181 Å². The molecule has 6 aromatic carbocycles. The second-order valence-corrected chi connectivity index (χ2v) is 20.6. The van der Waals surface area contributed by atoms with E-state index in [2.05, 4.69) is 107 Å². The number of hydrogen-bond donors (Lipinski definition) is 0. The molecule has 0 fully saturated rings. The Morgan fingerprint density at radius 1 is 0.327 bits per heavy atom. The first-order valence-electron chi connectivity index (χ1n) is 17.2. The molecule has 0 amide bonds. The summed E-state index contributed by atoms with van der Waals surface area (Å²) in [5.41, 5.74) is 9.36. The molecule has 0 aliphatic carbocycles. The molecule has 2 heterocycles. The molecule has 6 aromatic rings. The second-order valence-electron chi connectivity index (χ2n) is 13.7. The van der Waals surface area contributed by atoms with Crippen LogP contribution in [0.3, 0.4) is 0 Å². The van der Waals surface area contributed by atoms with Crippen molar-refractivity contribution >= 4 is 74.2 Å². The van der Waals surface area contributed by atoms with Crippen LogP contribution in [-0.2, 0) is 9.59 Å². The van der Waals surface area contributed by atoms with Gasteiger partial charge in [0.05, 0.1) is 11.1 Å². The normalized spacial score (nSPS) is 17.2. The van der Waals surface area contributed by atoms with Crippen LogP contribution in [-0.4, -0.2) is 35.3 Å². The van der Waals surface area contributed by atoms with E-state index in [9.17, 15) is 9.59 Å². The first kappa shape index (κ1) is 33.6. The van der Waals surface area contributed by atoms with E-state index < -0.39 is 20.1 Å². The molecule has 0 N–H and O–H groups in total. The maximum Gasteiger partial charge on any atom is 0.207 e. The van der Waals surface area contributed by atoms with E-state index in [1.54, 1.807) is 0 Å². The van der Waals surface area contributed by atoms with Crippen molar-refractivity contribution in [1.82, 2.24) is 0 Å². The summed E-state index contributed by atoms with van der Waals surface area (Å²) in [6.07, 6.45) is 8.19. The molecule has 0 radical (unpaired) electrons. The first-order chi connectivity index (χ1) is 25.2. The molecule has 0 saturated carbocycles. The molecule has 8 rings (SSSR count). The van der Waals surface area contributed by atoms with Gasteiger partial charge in [0.25, 0.3) is 0 Å². The number of nitrogens with zero attached hydrogens (tertiary/aromatic N) is 2. The van der Waals surface area contributed by atoms with E-state index in [1.165, 1.54) is 0 Å². The van der Waals surface area contributed by atoms with Crippen LogP contribution in [0.25, 0.3) is 9.81 Å². The van der Waals surface area contributed by atoms with Gasteiger partial charge in [-0.25, -0.2) is 0 Å². The number of fused-ring (bicyclic) bond motifs is 1. The quantitative estimate of drug-likeness (QED) is 0.157. The monoisotopic (exact) mass is 716 g/mol. The average Bonchev–Trinajstić information content (AvgIpc) is 3.50. The molecule has 0 bridgehead atoms. The van der Waals surface area contributed by atoms with Crippen molar-refractivity contribution in [2.24, 2.45) is 0 Å². The third-order valence-electron chi connectivity index (χ3n) is 9.89. The SMILES string of the molecule is CS1(C)C(=O)C2=C(c3ccc(N(c4ccccc4)c4ccccc4)cc3)S(C)(C)C(=O)C2=C1c1ccc(N(c2ccccc2)c2ccccc2)cc1. The van der Waals surface area contributed by atoms with Gasteiger partial charge in [-0.05, 0) is 109 Å². The zero-order chi connectivity index (χ0) is 36.0. The maximum atomic E-state index is 14.6. The van der Waals surface area contributed by atoms with Crippen molar-refractivity contribution in [2.75, 3.05) is 34.8 Å². The Kier molecular flexibility index (Phi) is 8.53. The topological polar surface area (TPSA) is 40.6 Å². The van der Waals surface area contributed by atoms with Crippen molar-refractivity contribution in [3.63, 3.8) is 0 Å². The molecular formula is C46H40N2O2S2. The number of carbonyl (C=O) groups is 2. The molecule has 2 aliphatic rings. The summed E-state index contributed by atoms with van der Waals surface area (Å²) in [6.45, 7) is 0. The highest BCUT2D eigenvalue weighted by Crippen LogP contribution is 2.74. The minimum atomic E-state index is -1.98. The molecule has 2 aliphatic heterocycles. The number of para-hydroxylation sites is 4. The summed E-state index contributed by atoms with van der Waals surface area (Å²) in [6, 6.07) is 58.0. The Balaban J connectivity index is 1.22. The van der Waals surface area contributed by atoms with E-state index >= 15 is 0 Å². The van der Waals surface area contributed by atoms with Gasteiger partial charge in [0, 0.05) is 43.9 Å². The molecule has 52 heavy (non-hydrogen) atoms. The molecule has 6 heteroatoms. The predicted octanol–water partition coefficient (Wildman–Crippen LogP) is 12.0. The van der Waals surface area contributed by atoms with Gasteiger partial charge in [-0.15, -0.1) is 0 Å².